The van der Waals surface area contributed by atoms with E-state index in [2.05, 4.69) is 25.4 Å². The summed E-state index contributed by atoms with van der Waals surface area (Å²) in [5.41, 5.74) is 0. The van der Waals surface area contributed by atoms with E-state index < -0.39 is 18.2 Å². The fraction of sp³-hybridized carbons (Fsp3) is 0.250. The summed E-state index contributed by atoms with van der Waals surface area (Å²) in [6.07, 6.45) is 0. The summed E-state index contributed by atoms with van der Waals surface area (Å²) < 4.78 is 45.8. The molecule has 6 heteroatoms. The molecule has 0 fully saturated rings. The number of halogens is 4. The van der Waals surface area contributed by atoms with Crippen LogP contribution in [-0.4, -0.2) is 13.7 Å². The molecule has 0 saturated heterocycles. The van der Waals surface area contributed by atoms with E-state index in [9.17, 15) is 13.2 Å². The van der Waals surface area contributed by atoms with Crippen molar-refractivity contribution in [1.29, 1.82) is 0 Å². The molecule has 0 amide bonds. The molecule has 0 N–H and O–H groups in total. The van der Waals surface area contributed by atoms with Crippen molar-refractivity contribution in [1.82, 2.24) is 0 Å². The van der Waals surface area contributed by atoms with Crippen molar-refractivity contribution in [3.8, 4) is 11.5 Å². The van der Waals surface area contributed by atoms with Crippen molar-refractivity contribution >= 4 is 15.9 Å². The van der Waals surface area contributed by atoms with Crippen LogP contribution < -0.4 is 9.47 Å². The van der Waals surface area contributed by atoms with Gasteiger partial charge in [0.25, 0.3) is 0 Å². The van der Waals surface area contributed by atoms with Crippen LogP contribution in [0.4, 0.5) is 13.2 Å². The fourth-order valence-electron chi connectivity index (χ4n) is 0.889. The molecule has 0 heterocycles. The quantitative estimate of drug-likeness (QED) is 0.840. The van der Waals surface area contributed by atoms with Gasteiger partial charge in [0, 0.05) is 0 Å². The monoisotopic (exact) mass is 270 g/mol. The molecule has 0 atom stereocenters. The molecule has 0 bridgehead atoms. The van der Waals surface area contributed by atoms with Crippen molar-refractivity contribution in [2.24, 2.45) is 0 Å². The molecule has 0 spiro atoms. The first-order chi connectivity index (χ1) is 6.56. The zero-order valence-electron chi connectivity index (χ0n) is 7.06. The van der Waals surface area contributed by atoms with Gasteiger partial charge in [0.15, 0.2) is 11.5 Å². The molecule has 0 aromatic heterocycles. The van der Waals surface area contributed by atoms with E-state index in [1.807, 2.05) is 0 Å². The van der Waals surface area contributed by atoms with Gasteiger partial charge in [0.2, 0.25) is 5.82 Å². The van der Waals surface area contributed by atoms with Gasteiger partial charge in [-0.2, -0.15) is 13.2 Å². The molecule has 14 heavy (non-hydrogen) atoms. The Morgan fingerprint density at radius 3 is 2.50 bits per heavy atom. The molecule has 1 rings (SSSR count). The minimum absolute atomic E-state index is 0.164. The lowest BCUT2D eigenvalue weighted by Crippen LogP contribution is -2.04. The number of hydrogen-bond acceptors (Lipinski definition) is 2. The Balaban J connectivity index is 3.08. The minimum atomic E-state index is -3.06. The Bertz CT molecular complexity index is 331. The van der Waals surface area contributed by atoms with E-state index >= 15 is 0 Å². The van der Waals surface area contributed by atoms with Crippen molar-refractivity contribution in [3.63, 3.8) is 0 Å². The average Bonchev–Trinajstić information content (AvgIpc) is 2.10. The van der Waals surface area contributed by atoms with E-state index in [1.165, 1.54) is 13.2 Å². The summed E-state index contributed by atoms with van der Waals surface area (Å²) in [5, 5.41) is 0. The smallest absolute Gasteiger partial charge is 0.387 e. The van der Waals surface area contributed by atoms with Gasteiger partial charge in [-0.1, -0.05) is 0 Å². The molecule has 1 aromatic carbocycles. The van der Waals surface area contributed by atoms with Gasteiger partial charge in [0.1, 0.15) is 0 Å². The number of rotatable bonds is 3. The number of methoxy groups -OCH3 is 1. The highest BCUT2D eigenvalue weighted by molar-refractivity contribution is 9.10. The van der Waals surface area contributed by atoms with Crippen molar-refractivity contribution in [3.05, 3.63) is 22.4 Å². The maximum Gasteiger partial charge on any atom is 0.387 e. The number of ether oxygens (including phenoxy) is 2. The lowest BCUT2D eigenvalue weighted by Gasteiger charge is -2.09. The van der Waals surface area contributed by atoms with Gasteiger partial charge in [-0.25, -0.2) is 0 Å². The van der Waals surface area contributed by atoms with Crippen LogP contribution in [0, 0.1) is 5.82 Å². The summed E-state index contributed by atoms with van der Waals surface area (Å²) in [6, 6.07) is 2.45. The molecule has 0 aliphatic rings. The molecule has 0 saturated carbocycles. The predicted octanol–water partition coefficient (Wildman–Crippen LogP) is 3.20. The molecular weight excluding hydrogens is 265 g/mol. The molecular formula is C8H6BrF3O2. The van der Waals surface area contributed by atoms with Crippen LogP contribution in [0.15, 0.2) is 16.6 Å². The highest BCUT2D eigenvalue weighted by atomic mass is 79.9. The SMILES string of the molecule is COc1c(Br)ccc(OC(F)F)c1F. The van der Waals surface area contributed by atoms with E-state index in [0.29, 0.717) is 4.47 Å². The molecule has 0 radical (unpaired) electrons. The molecule has 1 aromatic rings. The Morgan fingerprint density at radius 1 is 1.36 bits per heavy atom. The third-order valence-corrected chi connectivity index (χ3v) is 2.06. The largest absolute Gasteiger partial charge is 0.492 e. The van der Waals surface area contributed by atoms with Crippen molar-refractivity contribution in [2.75, 3.05) is 7.11 Å². The lowest BCUT2D eigenvalue weighted by atomic mass is 10.3. The molecule has 78 valence electrons. The predicted molar refractivity (Wildman–Crippen MR) is 47.3 cm³/mol. The van der Waals surface area contributed by atoms with E-state index in [4.69, 9.17) is 0 Å². The second-order valence-electron chi connectivity index (χ2n) is 2.27. The van der Waals surface area contributed by atoms with Gasteiger partial charge in [-0.3, -0.25) is 0 Å². The summed E-state index contributed by atoms with van der Waals surface area (Å²) in [5.74, 6) is -1.66. The van der Waals surface area contributed by atoms with E-state index in [1.54, 1.807) is 0 Å². The van der Waals surface area contributed by atoms with Gasteiger partial charge < -0.3 is 9.47 Å². The van der Waals surface area contributed by atoms with Crippen LogP contribution in [0.25, 0.3) is 0 Å². The Morgan fingerprint density at radius 2 is 2.00 bits per heavy atom. The van der Waals surface area contributed by atoms with E-state index in [-0.39, 0.29) is 5.75 Å². The van der Waals surface area contributed by atoms with Gasteiger partial charge >= 0.3 is 6.61 Å². The molecule has 0 aliphatic carbocycles. The fourth-order valence-corrected chi connectivity index (χ4v) is 1.36. The third-order valence-electron chi connectivity index (χ3n) is 1.43. The summed E-state index contributed by atoms with van der Waals surface area (Å²) in [4.78, 5) is 0. The number of hydrogen-bond donors (Lipinski definition) is 0. The van der Waals surface area contributed by atoms with Gasteiger partial charge in [-0.05, 0) is 28.1 Å². The maximum absolute atomic E-state index is 13.3. The second-order valence-corrected chi connectivity index (χ2v) is 3.13. The third kappa shape index (κ3) is 2.31. The Kier molecular flexibility index (Phi) is 3.62. The van der Waals surface area contributed by atoms with Crippen LogP contribution in [0.5, 0.6) is 11.5 Å². The summed E-state index contributed by atoms with van der Waals surface area (Å²) >= 11 is 3.00. The second kappa shape index (κ2) is 4.54. The minimum Gasteiger partial charge on any atom is -0.492 e. The van der Waals surface area contributed by atoms with Crippen LogP contribution >= 0.6 is 15.9 Å². The Labute approximate surface area is 86.8 Å². The molecule has 0 aliphatic heterocycles. The topological polar surface area (TPSA) is 18.5 Å². The first kappa shape index (κ1) is 11.2. The highest BCUT2D eigenvalue weighted by Gasteiger charge is 2.16. The van der Waals surface area contributed by atoms with Crippen molar-refractivity contribution in [2.45, 2.75) is 6.61 Å². The van der Waals surface area contributed by atoms with Crippen LogP contribution in [0.1, 0.15) is 0 Å². The van der Waals surface area contributed by atoms with E-state index in [0.717, 1.165) is 6.07 Å². The summed E-state index contributed by atoms with van der Waals surface area (Å²) in [7, 11) is 1.23. The number of benzene rings is 1. The molecule has 2 nitrogen and oxygen atoms in total. The van der Waals surface area contributed by atoms with Crippen molar-refractivity contribution < 1.29 is 22.6 Å². The van der Waals surface area contributed by atoms with Gasteiger partial charge in [-0.15, -0.1) is 0 Å². The maximum atomic E-state index is 13.3. The zero-order chi connectivity index (χ0) is 10.7. The first-order valence-corrected chi connectivity index (χ1v) is 4.32. The Hall–Kier alpha value is -0.910. The zero-order valence-corrected chi connectivity index (χ0v) is 8.65. The number of alkyl halides is 2. The van der Waals surface area contributed by atoms with Gasteiger partial charge in [0.05, 0.1) is 11.6 Å². The normalized spacial score (nSPS) is 10.4. The standard InChI is InChI=1S/C8H6BrF3O2/c1-13-7-4(9)2-3-5(6(7)10)14-8(11)12/h2-3,8H,1H3. The van der Waals surface area contributed by atoms with Crippen LogP contribution in [0.3, 0.4) is 0 Å². The molecule has 0 unspecified atom stereocenters. The average molecular weight is 271 g/mol. The van der Waals surface area contributed by atoms with Crippen LogP contribution in [0.2, 0.25) is 0 Å². The summed E-state index contributed by atoms with van der Waals surface area (Å²) in [6.45, 7) is -3.06. The lowest BCUT2D eigenvalue weighted by molar-refractivity contribution is -0.0523. The highest BCUT2D eigenvalue weighted by Crippen LogP contribution is 2.34. The first-order valence-electron chi connectivity index (χ1n) is 3.53. The van der Waals surface area contributed by atoms with Crippen LogP contribution in [-0.2, 0) is 0 Å².